The number of aliphatic carboxylic acids is 3. The average Bonchev–Trinajstić information content (AvgIpc) is 2.68. The predicted octanol–water partition coefficient (Wildman–Crippen LogP) is 6.43. The van der Waals surface area contributed by atoms with E-state index in [4.69, 9.17) is 10.2 Å². The summed E-state index contributed by atoms with van der Waals surface area (Å²) in [6, 6.07) is 0. The minimum Gasteiger partial charge on any atom is -0.481 e. The molecule has 0 spiro atoms. The average molecular weight is 427 g/mol. The molecule has 30 heavy (non-hydrogen) atoms. The molecule has 0 aliphatic rings. The summed E-state index contributed by atoms with van der Waals surface area (Å²) >= 11 is 0. The maximum atomic E-state index is 11.3. The van der Waals surface area contributed by atoms with Gasteiger partial charge in [0.1, 0.15) is 0 Å². The van der Waals surface area contributed by atoms with Crippen molar-refractivity contribution in [1.29, 1.82) is 0 Å². The summed E-state index contributed by atoms with van der Waals surface area (Å²) < 4.78 is 0. The van der Waals surface area contributed by atoms with Gasteiger partial charge in [-0.3, -0.25) is 9.59 Å². The Hall–Kier alpha value is -1.85. The Labute approximate surface area is 181 Å². The Bertz CT molecular complexity index is 468. The first-order valence-corrected chi connectivity index (χ1v) is 11.7. The van der Waals surface area contributed by atoms with Crippen LogP contribution in [0.3, 0.4) is 0 Å². The first-order chi connectivity index (χ1) is 14.3. The maximum Gasteiger partial charge on any atom is 0.331 e. The molecule has 0 unspecified atom stereocenters. The summed E-state index contributed by atoms with van der Waals surface area (Å²) in [4.78, 5) is 32.2. The maximum absolute atomic E-state index is 11.3. The molecule has 0 aromatic heterocycles. The van der Waals surface area contributed by atoms with E-state index in [0.29, 0.717) is 5.57 Å². The lowest BCUT2D eigenvalue weighted by atomic mass is 9.88. The molecule has 0 rings (SSSR count). The summed E-state index contributed by atoms with van der Waals surface area (Å²) in [5, 5.41) is 26.5. The van der Waals surface area contributed by atoms with Crippen LogP contribution in [0.5, 0.6) is 0 Å². The Balaban J connectivity index is 3.82. The molecule has 0 aliphatic carbocycles. The van der Waals surface area contributed by atoms with E-state index in [1.165, 1.54) is 0 Å². The van der Waals surface area contributed by atoms with Gasteiger partial charge in [0, 0.05) is 18.4 Å². The molecule has 0 aromatic rings. The van der Waals surface area contributed by atoms with Crippen molar-refractivity contribution in [3.05, 3.63) is 12.2 Å². The minimum atomic E-state index is -0.892. The number of hydrogen-bond acceptors (Lipinski definition) is 3. The lowest BCUT2D eigenvalue weighted by Crippen LogP contribution is -2.12. The lowest BCUT2D eigenvalue weighted by Gasteiger charge is -2.17. The fraction of sp³-hybridized carbons (Fsp3) is 0.792. The second-order valence-corrected chi connectivity index (χ2v) is 8.34. The van der Waals surface area contributed by atoms with Crippen LogP contribution in [0.2, 0.25) is 0 Å². The second-order valence-electron chi connectivity index (χ2n) is 8.34. The fourth-order valence-electron chi connectivity index (χ4n) is 3.77. The van der Waals surface area contributed by atoms with E-state index in [1.54, 1.807) is 0 Å². The van der Waals surface area contributed by atoms with E-state index >= 15 is 0 Å². The highest BCUT2D eigenvalue weighted by molar-refractivity contribution is 5.86. The number of carbonyl (C=O) groups is 3. The number of carboxylic acids is 3. The molecule has 0 atom stereocenters. The monoisotopic (exact) mass is 426 g/mol. The Morgan fingerprint density at radius 1 is 0.533 bits per heavy atom. The van der Waals surface area contributed by atoms with E-state index in [0.717, 1.165) is 103 Å². The minimum absolute atomic E-state index is 0.0497. The molecule has 0 bridgehead atoms. The van der Waals surface area contributed by atoms with Gasteiger partial charge < -0.3 is 15.3 Å². The standard InChI is InChI=1S/C24H42O6/c1-20(24(29)30)21(16-12-8-4-2-6-10-14-18-22(25)26)17-13-9-5-3-7-11-15-19-23(27)28/h21H,1-19H2,(H,25,26)(H,27,28)(H,29,30). The van der Waals surface area contributed by atoms with Crippen molar-refractivity contribution >= 4 is 17.9 Å². The molecule has 6 heteroatoms. The van der Waals surface area contributed by atoms with Crippen molar-refractivity contribution < 1.29 is 29.7 Å². The van der Waals surface area contributed by atoms with Gasteiger partial charge in [0.15, 0.2) is 0 Å². The molecule has 0 fully saturated rings. The van der Waals surface area contributed by atoms with Crippen molar-refractivity contribution in [2.45, 2.75) is 116 Å². The van der Waals surface area contributed by atoms with Crippen LogP contribution in [0, 0.1) is 5.92 Å². The number of carboxylic acid groups (broad SMARTS) is 3. The molecular formula is C24H42O6. The van der Waals surface area contributed by atoms with Crippen LogP contribution in [-0.4, -0.2) is 33.2 Å². The third-order valence-corrected chi connectivity index (χ3v) is 5.65. The topological polar surface area (TPSA) is 112 Å². The Morgan fingerprint density at radius 3 is 1.13 bits per heavy atom. The lowest BCUT2D eigenvalue weighted by molar-refractivity contribution is -0.138. The third kappa shape index (κ3) is 18.2. The SMILES string of the molecule is C=C(C(=O)O)C(CCCCCCCCCC(=O)O)CCCCCCCCCC(=O)O. The van der Waals surface area contributed by atoms with Crippen molar-refractivity contribution in [1.82, 2.24) is 0 Å². The first-order valence-electron chi connectivity index (χ1n) is 11.7. The zero-order valence-electron chi connectivity index (χ0n) is 18.6. The molecule has 0 heterocycles. The van der Waals surface area contributed by atoms with Crippen LogP contribution in [0.1, 0.15) is 116 Å². The Kier molecular flexibility index (Phi) is 18.0. The van der Waals surface area contributed by atoms with Gasteiger partial charge in [-0.1, -0.05) is 83.6 Å². The highest BCUT2D eigenvalue weighted by Gasteiger charge is 2.17. The van der Waals surface area contributed by atoms with E-state index < -0.39 is 17.9 Å². The van der Waals surface area contributed by atoms with Crippen molar-refractivity contribution in [2.24, 2.45) is 5.92 Å². The fourth-order valence-corrected chi connectivity index (χ4v) is 3.77. The van der Waals surface area contributed by atoms with Crippen LogP contribution < -0.4 is 0 Å². The summed E-state index contributed by atoms with van der Waals surface area (Å²) in [5.41, 5.74) is 0.331. The summed E-state index contributed by atoms with van der Waals surface area (Å²) in [6.45, 7) is 3.79. The highest BCUT2D eigenvalue weighted by Crippen LogP contribution is 2.25. The van der Waals surface area contributed by atoms with Gasteiger partial charge in [-0.05, 0) is 31.6 Å². The van der Waals surface area contributed by atoms with Crippen LogP contribution >= 0.6 is 0 Å². The normalized spacial score (nSPS) is 11.0. The molecule has 174 valence electrons. The molecule has 3 N–H and O–H groups in total. The molecule has 0 saturated heterocycles. The zero-order chi connectivity index (χ0) is 22.6. The third-order valence-electron chi connectivity index (χ3n) is 5.65. The van der Waals surface area contributed by atoms with Crippen LogP contribution in [-0.2, 0) is 14.4 Å². The summed E-state index contributed by atoms with van der Waals surface area (Å²) in [7, 11) is 0. The zero-order valence-corrected chi connectivity index (χ0v) is 18.6. The molecule has 0 aromatic carbocycles. The number of hydrogen-bond donors (Lipinski definition) is 3. The number of unbranched alkanes of at least 4 members (excludes halogenated alkanes) is 12. The smallest absolute Gasteiger partial charge is 0.331 e. The van der Waals surface area contributed by atoms with Gasteiger partial charge >= 0.3 is 17.9 Å². The number of rotatable bonds is 22. The molecule has 6 nitrogen and oxygen atoms in total. The second kappa shape index (κ2) is 19.1. The van der Waals surface area contributed by atoms with Gasteiger partial charge in [0.25, 0.3) is 0 Å². The van der Waals surface area contributed by atoms with Gasteiger partial charge in [0.2, 0.25) is 0 Å². The Morgan fingerprint density at radius 2 is 0.833 bits per heavy atom. The molecule has 0 amide bonds. The van der Waals surface area contributed by atoms with E-state index in [2.05, 4.69) is 6.58 Å². The van der Waals surface area contributed by atoms with Crippen LogP contribution in [0.25, 0.3) is 0 Å². The largest absolute Gasteiger partial charge is 0.481 e. The quantitative estimate of drug-likeness (QED) is 0.136. The highest BCUT2D eigenvalue weighted by atomic mass is 16.4. The van der Waals surface area contributed by atoms with Crippen LogP contribution in [0.4, 0.5) is 0 Å². The van der Waals surface area contributed by atoms with Crippen molar-refractivity contribution in [2.75, 3.05) is 0 Å². The molecule has 0 radical (unpaired) electrons. The molecule has 0 aliphatic heterocycles. The van der Waals surface area contributed by atoms with Gasteiger partial charge in [-0.15, -0.1) is 0 Å². The first kappa shape index (κ1) is 28.1. The van der Waals surface area contributed by atoms with Crippen molar-refractivity contribution in [3.63, 3.8) is 0 Å². The molecule has 0 saturated carbocycles. The summed E-state index contributed by atoms with van der Waals surface area (Å²) in [5.74, 6) is -2.30. The van der Waals surface area contributed by atoms with E-state index in [-0.39, 0.29) is 18.8 Å². The molecular weight excluding hydrogens is 384 g/mol. The van der Waals surface area contributed by atoms with Gasteiger partial charge in [-0.2, -0.15) is 0 Å². The van der Waals surface area contributed by atoms with E-state index in [9.17, 15) is 19.5 Å². The van der Waals surface area contributed by atoms with E-state index in [1.807, 2.05) is 0 Å². The van der Waals surface area contributed by atoms with Crippen molar-refractivity contribution in [3.8, 4) is 0 Å². The van der Waals surface area contributed by atoms with Gasteiger partial charge in [-0.25, -0.2) is 4.79 Å². The summed E-state index contributed by atoms with van der Waals surface area (Å²) in [6.07, 6.45) is 16.4. The van der Waals surface area contributed by atoms with Gasteiger partial charge in [0.05, 0.1) is 0 Å². The van der Waals surface area contributed by atoms with Crippen LogP contribution in [0.15, 0.2) is 12.2 Å². The predicted molar refractivity (Wildman–Crippen MR) is 119 cm³/mol.